The van der Waals surface area contributed by atoms with Crippen LogP contribution in [0.4, 0.5) is 0 Å². The quantitative estimate of drug-likeness (QED) is 0.780. The highest BCUT2D eigenvalue weighted by Gasteiger charge is 2.24. The molecule has 4 heteroatoms. The maximum absolute atomic E-state index is 11.5. The molecule has 0 saturated heterocycles. The molecule has 1 aliphatic rings. The summed E-state index contributed by atoms with van der Waals surface area (Å²) in [5.41, 5.74) is 1.95. The van der Waals surface area contributed by atoms with Gasteiger partial charge in [0, 0.05) is 6.04 Å². The third kappa shape index (κ3) is 2.58. The predicted octanol–water partition coefficient (Wildman–Crippen LogP) is 1.53. The molecular formula is C13H17NO3. The van der Waals surface area contributed by atoms with Crippen molar-refractivity contribution in [3.63, 3.8) is 0 Å². The molecule has 4 nitrogen and oxygen atoms in total. The summed E-state index contributed by atoms with van der Waals surface area (Å²) in [5.74, 6) is 0.110. The number of hydrogen-bond acceptors (Lipinski definition) is 4. The number of benzene rings is 1. The Morgan fingerprint density at radius 2 is 2.41 bits per heavy atom. The fourth-order valence-corrected chi connectivity index (χ4v) is 2.24. The lowest BCUT2D eigenvalue weighted by atomic mass is 9.92. The molecule has 17 heavy (non-hydrogen) atoms. The zero-order chi connectivity index (χ0) is 12.3. The molecule has 0 spiro atoms. The van der Waals surface area contributed by atoms with Crippen LogP contribution in [0.15, 0.2) is 18.2 Å². The van der Waals surface area contributed by atoms with Gasteiger partial charge in [0.15, 0.2) is 0 Å². The highest BCUT2D eigenvalue weighted by Crippen LogP contribution is 2.31. The minimum Gasteiger partial charge on any atom is -0.508 e. The first-order valence-corrected chi connectivity index (χ1v) is 5.92. The molecule has 1 aromatic carbocycles. The first kappa shape index (κ1) is 11.9. The Hall–Kier alpha value is -1.55. The van der Waals surface area contributed by atoms with Crippen LogP contribution in [-0.4, -0.2) is 24.2 Å². The Balaban J connectivity index is 2.17. The van der Waals surface area contributed by atoms with Gasteiger partial charge in [-0.3, -0.25) is 4.79 Å². The first-order valence-electron chi connectivity index (χ1n) is 5.92. The lowest BCUT2D eigenvalue weighted by molar-refractivity contribution is -0.143. The maximum atomic E-state index is 11.5. The van der Waals surface area contributed by atoms with E-state index in [0.717, 1.165) is 24.1 Å². The number of carbonyl (C=O) groups is 1. The molecule has 2 rings (SSSR count). The molecule has 0 aliphatic carbocycles. The fraction of sp³-hybridized carbons (Fsp3) is 0.462. The van der Waals surface area contributed by atoms with Gasteiger partial charge in [-0.2, -0.15) is 0 Å². The van der Waals surface area contributed by atoms with E-state index in [-0.39, 0.29) is 12.0 Å². The van der Waals surface area contributed by atoms with E-state index in [4.69, 9.17) is 4.74 Å². The van der Waals surface area contributed by atoms with Gasteiger partial charge >= 0.3 is 5.97 Å². The topological polar surface area (TPSA) is 58.6 Å². The van der Waals surface area contributed by atoms with Gasteiger partial charge in [-0.15, -0.1) is 0 Å². The summed E-state index contributed by atoms with van der Waals surface area (Å²) in [7, 11) is 0. The third-order valence-corrected chi connectivity index (χ3v) is 3.00. The second-order valence-electron chi connectivity index (χ2n) is 4.11. The average molecular weight is 235 g/mol. The zero-order valence-corrected chi connectivity index (χ0v) is 9.90. The molecule has 1 aliphatic heterocycles. The van der Waals surface area contributed by atoms with Crippen molar-refractivity contribution in [1.29, 1.82) is 0 Å². The van der Waals surface area contributed by atoms with E-state index >= 15 is 0 Å². The molecule has 0 amide bonds. The van der Waals surface area contributed by atoms with Crippen LogP contribution in [0.25, 0.3) is 0 Å². The van der Waals surface area contributed by atoms with Crippen molar-refractivity contribution >= 4 is 5.97 Å². The minimum atomic E-state index is -0.207. The number of hydrogen-bond donors (Lipinski definition) is 2. The van der Waals surface area contributed by atoms with Crippen molar-refractivity contribution in [3.05, 3.63) is 29.3 Å². The summed E-state index contributed by atoms with van der Waals surface area (Å²) in [6, 6.07) is 5.39. The van der Waals surface area contributed by atoms with Crippen LogP contribution in [0.2, 0.25) is 0 Å². The van der Waals surface area contributed by atoms with Gasteiger partial charge in [0.2, 0.25) is 0 Å². The highest BCUT2D eigenvalue weighted by molar-refractivity contribution is 5.70. The third-order valence-electron chi connectivity index (χ3n) is 3.00. The Bertz CT molecular complexity index is 417. The van der Waals surface area contributed by atoms with Crippen molar-refractivity contribution in [2.45, 2.75) is 25.8 Å². The molecule has 0 saturated carbocycles. The Labute approximate surface area is 101 Å². The summed E-state index contributed by atoms with van der Waals surface area (Å²) in [5, 5.41) is 13.0. The van der Waals surface area contributed by atoms with Crippen LogP contribution < -0.4 is 5.32 Å². The number of phenolic OH excluding ortho intramolecular Hbond substituents is 1. The Morgan fingerprint density at radius 3 is 3.18 bits per heavy atom. The van der Waals surface area contributed by atoms with E-state index in [9.17, 15) is 9.90 Å². The van der Waals surface area contributed by atoms with Crippen molar-refractivity contribution in [2.24, 2.45) is 0 Å². The molecule has 92 valence electrons. The summed E-state index contributed by atoms with van der Waals surface area (Å²) < 4.78 is 4.95. The van der Waals surface area contributed by atoms with Crippen LogP contribution in [0.5, 0.6) is 5.75 Å². The molecule has 1 unspecified atom stereocenters. The van der Waals surface area contributed by atoms with E-state index in [0.29, 0.717) is 18.8 Å². The number of fused-ring (bicyclic) bond motifs is 1. The van der Waals surface area contributed by atoms with Crippen molar-refractivity contribution in [1.82, 2.24) is 5.32 Å². The smallest absolute Gasteiger partial charge is 0.307 e. The number of ether oxygens (including phenoxy) is 1. The molecule has 1 heterocycles. The number of nitrogens with one attached hydrogen (secondary N) is 1. The van der Waals surface area contributed by atoms with E-state index in [2.05, 4.69) is 5.32 Å². The second-order valence-corrected chi connectivity index (χ2v) is 4.11. The normalized spacial score (nSPS) is 18.5. The lowest BCUT2D eigenvalue weighted by Gasteiger charge is -2.26. The molecule has 0 fully saturated rings. The largest absolute Gasteiger partial charge is 0.508 e. The number of aromatic hydroxyl groups is 1. The number of esters is 1. The van der Waals surface area contributed by atoms with Crippen molar-refractivity contribution < 1.29 is 14.6 Å². The van der Waals surface area contributed by atoms with Gasteiger partial charge in [-0.1, -0.05) is 12.1 Å². The maximum Gasteiger partial charge on any atom is 0.307 e. The van der Waals surface area contributed by atoms with Gasteiger partial charge in [-0.25, -0.2) is 0 Å². The van der Waals surface area contributed by atoms with Crippen molar-refractivity contribution in [2.75, 3.05) is 13.2 Å². The van der Waals surface area contributed by atoms with E-state index in [1.165, 1.54) is 0 Å². The monoisotopic (exact) mass is 235 g/mol. The molecule has 2 N–H and O–H groups in total. The summed E-state index contributed by atoms with van der Waals surface area (Å²) in [6.07, 6.45) is 1.10. The first-order chi connectivity index (χ1) is 8.22. The Kier molecular flexibility index (Phi) is 3.64. The molecule has 0 bridgehead atoms. The van der Waals surface area contributed by atoms with E-state index < -0.39 is 0 Å². The van der Waals surface area contributed by atoms with E-state index in [1.54, 1.807) is 19.1 Å². The molecular weight excluding hydrogens is 218 g/mol. The fourth-order valence-electron chi connectivity index (χ4n) is 2.24. The van der Waals surface area contributed by atoms with Crippen LogP contribution in [0, 0.1) is 0 Å². The summed E-state index contributed by atoms with van der Waals surface area (Å²) in [4.78, 5) is 11.5. The van der Waals surface area contributed by atoms with E-state index in [1.807, 2.05) is 6.07 Å². The van der Waals surface area contributed by atoms with Crippen LogP contribution in [0.1, 0.15) is 30.5 Å². The molecule has 0 radical (unpaired) electrons. The Morgan fingerprint density at radius 1 is 1.59 bits per heavy atom. The number of phenols is 1. The van der Waals surface area contributed by atoms with Crippen LogP contribution in [0.3, 0.4) is 0 Å². The average Bonchev–Trinajstić information content (AvgIpc) is 2.31. The SMILES string of the molecule is CCOC(=O)CC1NCCc2c(O)cccc21. The van der Waals surface area contributed by atoms with Crippen LogP contribution in [-0.2, 0) is 16.0 Å². The number of carbonyl (C=O) groups excluding carboxylic acids is 1. The highest BCUT2D eigenvalue weighted by atomic mass is 16.5. The van der Waals surface area contributed by atoms with Crippen LogP contribution >= 0.6 is 0 Å². The lowest BCUT2D eigenvalue weighted by Crippen LogP contribution is -2.31. The minimum absolute atomic E-state index is 0.0510. The predicted molar refractivity (Wildman–Crippen MR) is 63.8 cm³/mol. The van der Waals surface area contributed by atoms with Gasteiger partial charge in [-0.05, 0) is 37.1 Å². The van der Waals surface area contributed by atoms with Gasteiger partial charge < -0.3 is 15.2 Å². The number of rotatable bonds is 3. The molecule has 0 aromatic heterocycles. The standard InChI is InChI=1S/C13H17NO3/c1-2-17-13(16)8-11-9-4-3-5-12(15)10(9)6-7-14-11/h3-5,11,14-15H,2,6-8H2,1H3. The van der Waals surface area contributed by atoms with Crippen molar-refractivity contribution in [3.8, 4) is 5.75 Å². The van der Waals surface area contributed by atoms with Gasteiger partial charge in [0.05, 0.1) is 13.0 Å². The van der Waals surface area contributed by atoms with Gasteiger partial charge in [0.25, 0.3) is 0 Å². The summed E-state index contributed by atoms with van der Waals surface area (Å²) in [6.45, 7) is 2.97. The summed E-state index contributed by atoms with van der Waals surface area (Å²) >= 11 is 0. The molecule has 1 atom stereocenters. The second kappa shape index (κ2) is 5.19. The molecule has 1 aromatic rings. The van der Waals surface area contributed by atoms with Gasteiger partial charge in [0.1, 0.15) is 5.75 Å². The zero-order valence-electron chi connectivity index (χ0n) is 9.90.